The molecule has 0 atom stereocenters. The maximum Gasteiger partial charge on any atom is 0.309 e. The van der Waals surface area contributed by atoms with Crippen molar-refractivity contribution in [2.45, 2.75) is 34.1 Å². The second-order valence-corrected chi connectivity index (χ2v) is 8.10. The summed E-state index contributed by atoms with van der Waals surface area (Å²) in [4.78, 5) is 24.7. The molecule has 2 aliphatic heterocycles. The van der Waals surface area contributed by atoms with Gasteiger partial charge < -0.3 is 14.5 Å². The number of amidine groups is 1. The zero-order valence-corrected chi connectivity index (χ0v) is 18.5. The molecule has 0 aliphatic carbocycles. The van der Waals surface area contributed by atoms with Gasteiger partial charge in [-0.15, -0.1) is 0 Å². The van der Waals surface area contributed by atoms with E-state index < -0.39 is 0 Å². The largest absolute Gasteiger partial charge is 0.496 e. The third-order valence-corrected chi connectivity index (χ3v) is 5.15. The van der Waals surface area contributed by atoms with Gasteiger partial charge in [0.2, 0.25) is 12.6 Å². The smallest absolute Gasteiger partial charge is 0.309 e. The second kappa shape index (κ2) is 8.39. The van der Waals surface area contributed by atoms with Crippen molar-refractivity contribution in [1.29, 1.82) is 0 Å². The van der Waals surface area contributed by atoms with Gasteiger partial charge in [0, 0.05) is 24.9 Å². The number of fused-ring (bicyclic) bond motifs is 1. The topological polar surface area (TPSA) is 85.9 Å². The highest BCUT2D eigenvalue weighted by Crippen LogP contribution is 2.35. The maximum atomic E-state index is 12.1. The van der Waals surface area contributed by atoms with Crippen LogP contribution in [0.5, 0.6) is 5.75 Å². The van der Waals surface area contributed by atoms with Crippen LogP contribution < -0.4 is 15.0 Å². The molecule has 2 aromatic rings. The van der Waals surface area contributed by atoms with Crippen molar-refractivity contribution in [1.82, 2.24) is 14.8 Å². The van der Waals surface area contributed by atoms with Gasteiger partial charge in [-0.1, -0.05) is 18.7 Å². The van der Waals surface area contributed by atoms with Crippen molar-refractivity contribution in [2.24, 2.45) is 10.9 Å². The molecule has 1 amide bonds. The first-order valence-corrected chi connectivity index (χ1v) is 10.3. The van der Waals surface area contributed by atoms with Crippen LogP contribution in [0.2, 0.25) is 0 Å². The average molecular weight is 422 g/mol. The van der Waals surface area contributed by atoms with Crippen LogP contribution in [0.25, 0.3) is 11.3 Å². The van der Waals surface area contributed by atoms with Gasteiger partial charge in [0.15, 0.2) is 18.4 Å². The molecule has 0 spiro atoms. The summed E-state index contributed by atoms with van der Waals surface area (Å²) in [5.41, 5.74) is 4.20. The Labute approximate surface area is 181 Å². The molecule has 1 aromatic heterocycles. The summed E-state index contributed by atoms with van der Waals surface area (Å²) in [7, 11) is 1.62. The number of nitrogens with zero attached hydrogens (tertiary/aromatic N) is 4. The van der Waals surface area contributed by atoms with Crippen LogP contribution in [0.1, 0.15) is 32.9 Å². The van der Waals surface area contributed by atoms with Crippen molar-refractivity contribution in [3.63, 3.8) is 0 Å². The van der Waals surface area contributed by atoms with Crippen molar-refractivity contribution in [3.05, 3.63) is 54.1 Å². The number of ether oxygens (including phenoxy) is 1. The molecule has 2 aliphatic rings. The number of carbonyl (C=O) groups is 1. The van der Waals surface area contributed by atoms with Crippen LogP contribution in [0.4, 0.5) is 5.69 Å². The highest BCUT2D eigenvalue weighted by molar-refractivity contribution is 6.06. The Balaban J connectivity index is 1.65. The van der Waals surface area contributed by atoms with Crippen LogP contribution in [-0.2, 0) is 4.79 Å². The number of benzene rings is 1. The molecule has 0 unspecified atom stereocenters. The third-order valence-electron chi connectivity index (χ3n) is 5.15. The molecule has 8 nitrogen and oxygen atoms in total. The third kappa shape index (κ3) is 4.25. The van der Waals surface area contributed by atoms with Crippen molar-refractivity contribution in [3.8, 4) is 17.1 Å². The molecule has 0 saturated carbocycles. The van der Waals surface area contributed by atoms with Crippen molar-refractivity contribution >= 4 is 17.4 Å². The standard InChI is InChI=1S/C23H27N5O3/c1-14(2)8-18-10-28-13-27(16(4)29)11-20(23(28)26-18)25-17-6-7-19(21(9-17)30-5)22-15(3)24-12-31-22/h6-7,9-12,14,25H,8,13H2,1-5H3/q+1. The molecular weight excluding hydrogens is 394 g/mol. The van der Waals surface area contributed by atoms with Gasteiger partial charge in [-0.25, -0.2) is 4.98 Å². The first-order valence-electron chi connectivity index (χ1n) is 10.3. The number of allylic oxidation sites excluding steroid dienone is 1. The molecular formula is C23H27N5O3+. The lowest BCUT2D eigenvalue weighted by Crippen LogP contribution is -2.47. The minimum absolute atomic E-state index is 0.0298. The van der Waals surface area contributed by atoms with E-state index in [1.54, 1.807) is 18.9 Å². The summed E-state index contributed by atoms with van der Waals surface area (Å²) in [6.07, 6.45) is 6.14. The number of methoxy groups -OCH3 is 1. The monoisotopic (exact) mass is 421 g/mol. The highest BCUT2D eigenvalue weighted by atomic mass is 16.5. The molecule has 1 radical (unpaired) electrons. The molecule has 1 aromatic carbocycles. The number of hydrogen-bond acceptors (Lipinski definition) is 7. The zero-order valence-electron chi connectivity index (χ0n) is 18.5. The number of amides is 1. The summed E-state index contributed by atoms with van der Waals surface area (Å²) < 4.78 is 11.1. The zero-order chi connectivity index (χ0) is 22.1. The lowest BCUT2D eigenvalue weighted by Gasteiger charge is -2.23. The fourth-order valence-corrected chi connectivity index (χ4v) is 3.68. The number of aromatic nitrogens is 1. The van der Waals surface area contributed by atoms with Gasteiger partial charge in [-0.05, 0) is 31.4 Å². The quantitative estimate of drug-likeness (QED) is 0.708. The Bertz CT molecular complexity index is 1100. The van der Waals surface area contributed by atoms with E-state index in [4.69, 9.17) is 14.1 Å². The number of aryl methyl sites for hydroxylation is 1. The van der Waals surface area contributed by atoms with E-state index in [1.165, 1.54) is 6.39 Å². The van der Waals surface area contributed by atoms with E-state index >= 15 is 0 Å². The fraction of sp³-hybridized carbons (Fsp3) is 0.348. The molecule has 31 heavy (non-hydrogen) atoms. The van der Waals surface area contributed by atoms with E-state index in [1.807, 2.05) is 42.4 Å². The predicted molar refractivity (Wildman–Crippen MR) is 119 cm³/mol. The summed E-state index contributed by atoms with van der Waals surface area (Å²) in [5.74, 6) is 2.61. The molecule has 0 bridgehead atoms. The first-order chi connectivity index (χ1) is 14.9. The number of oxazole rings is 1. The summed E-state index contributed by atoms with van der Waals surface area (Å²) in [6.45, 7) is 8.23. The van der Waals surface area contributed by atoms with Gasteiger partial charge in [0.25, 0.3) is 0 Å². The van der Waals surface area contributed by atoms with Crippen LogP contribution in [0, 0.1) is 12.8 Å². The van der Waals surface area contributed by atoms with Crippen LogP contribution in [-0.4, -0.2) is 35.4 Å². The molecule has 3 heterocycles. The number of nitrogens with one attached hydrogen (secondary N) is 1. The molecule has 8 heteroatoms. The molecule has 0 saturated heterocycles. The number of anilines is 1. The van der Waals surface area contributed by atoms with Crippen LogP contribution in [0.3, 0.4) is 0 Å². The minimum Gasteiger partial charge on any atom is -0.496 e. The normalized spacial score (nSPS) is 16.1. The van der Waals surface area contributed by atoms with E-state index in [-0.39, 0.29) is 5.91 Å². The summed E-state index contributed by atoms with van der Waals surface area (Å²) in [6, 6.07) is 5.76. The highest BCUT2D eigenvalue weighted by Gasteiger charge is 2.39. The predicted octanol–water partition coefficient (Wildman–Crippen LogP) is 4.17. The van der Waals surface area contributed by atoms with Gasteiger partial charge in [0.1, 0.15) is 17.1 Å². The number of aliphatic imine (C=N–C) groups is 1. The lowest BCUT2D eigenvalue weighted by atomic mass is 10.1. The van der Waals surface area contributed by atoms with Crippen LogP contribution in [0.15, 0.2) is 57.8 Å². The Hall–Kier alpha value is -3.39. The number of hydrogen-bond donors (Lipinski definition) is 1. The fourth-order valence-electron chi connectivity index (χ4n) is 3.68. The van der Waals surface area contributed by atoms with Crippen molar-refractivity contribution < 1.29 is 13.9 Å². The Morgan fingerprint density at radius 3 is 2.84 bits per heavy atom. The number of carbonyl (C=O) groups excluding carboxylic acids is 1. The van der Waals surface area contributed by atoms with E-state index in [0.29, 0.717) is 24.1 Å². The molecule has 4 rings (SSSR count). The number of rotatable bonds is 6. The Morgan fingerprint density at radius 2 is 2.19 bits per heavy atom. The SMILES string of the molecule is COc1cc(NC2=CN(C(C)=O)C[N+]3C=C(CC(C)C)N=C23)ccc1-c1ocnc1C. The average Bonchev–Trinajstić information content (AvgIpc) is 3.32. The van der Waals surface area contributed by atoms with Gasteiger partial charge >= 0.3 is 5.84 Å². The van der Waals surface area contributed by atoms with Crippen LogP contribution >= 0.6 is 0 Å². The Kier molecular flexibility index (Phi) is 5.65. The van der Waals surface area contributed by atoms with E-state index in [0.717, 1.165) is 40.6 Å². The molecule has 0 fully saturated rings. The second-order valence-electron chi connectivity index (χ2n) is 8.10. The van der Waals surface area contributed by atoms with E-state index in [2.05, 4.69) is 24.1 Å². The molecule has 1 N–H and O–H groups in total. The van der Waals surface area contributed by atoms with Gasteiger partial charge in [-0.2, -0.15) is 4.99 Å². The van der Waals surface area contributed by atoms with Crippen molar-refractivity contribution in [2.75, 3.05) is 19.1 Å². The van der Waals surface area contributed by atoms with E-state index in [9.17, 15) is 4.79 Å². The minimum atomic E-state index is -0.0298. The molecule has 161 valence electrons. The summed E-state index contributed by atoms with van der Waals surface area (Å²) in [5, 5.41) is 3.41. The first kappa shape index (κ1) is 20.9. The summed E-state index contributed by atoms with van der Waals surface area (Å²) >= 11 is 0. The van der Waals surface area contributed by atoms with Gasteiger partial charge in [0.05, 0.1) is 18.4 Å². The maximum absolute atomic E-state index is 12.1. The Morgan fingerprint density at radius 1 is 1.39 bits per heavy atom. The lowest BCUT2D eigenvalue weighted by molar-refractivity contribution is -0.126. The van der Waals surface area contributed by atoms with Gasteiger partial charge in [-0.3, -0.25) is 9.69 Å².